The summed E-state index contributed by atoms with van der Waals surface area (Å²) in [6.07, 6.45) is 1.38. The zero-order chi connectivity index (χ0) is 13.1. The van der Waals surface area contributed by atoms with Crippen LogP contribution in [0, 0.1) is 0 Å². The molecule has 1 N–H and O–H groups in total. The molecule has 1 rings (SSSR count). The molecule has 0 aliphatic heterocycles. The molecule has 0 fully saturated rings. The Labute approximate surface area is 101 Å². The van der Waals surface area contributed by atoms with Crippen LogP contribution in [0.5, 0.6) is 0 Å². The number of amides is 1. The Morgan fingerprint density at radius 2 is 1.76 bits per heavy atom. The lowest BCUT2D eigenvalue weighted by molar-refractivity contribution is -0.124. The Hall–Kier alpha value is -1.40. The molecule has 0 heterocycles. The van der Waals surface area contributed by atoms with E-state index in [1.54, 1.807) is 31.2 Å². The third-order valence-corrected chi connectivity index (χ3v) is 3.19. The summed E-state index contributed by atoms with van der Waals surface area (Å²) in [5.74, 6) is -0.137. The lowest BCUT2D eigenvalue weighted by Gasteiger charge is -2.11. The molecule has 0 spiro atoms. The van der Waals surface area contributed by atoms with Crippen molar-refractivity contribution in [1.29, 1.82) is 0 Å². The molecule has 0 aliphatic carbocycles. The van der Waals surface area contributed by atoms with E-state index in [0.717, 1.165) is 11.8 Å². The highest BCUT2D eigenvalue weighted by Crippen LogP contribution is 2.10. The first-order chi connectivity index (χ1) is 7.79. The van der Waals surface area contributed by atoms with Crippen molar-refractivity contribution in [3.63, 3.8) is 0 Å². The maximum absolute atomic E-state index is 11.4. The van der Waals surface area contributed by atoms with E-state index in [9.17, 15) is 13.2 Å². The molecule has 6 heteroatoms. The van der Waals surface area contributed by atoms with E-state index in [-0.39, 0.29) is 17.2 Å². The van der Waals surface area contributed by atoms with Crippen molar-refractivity contribution >= 4 is 15.7 Å². The second kappa shape index (κ2) is 5.29. The van der Waals surface area contributed by atoms with Crippen molar-refractivity contribution in [1.82, 2.24) is 10.4 Å². The van der Waals surface area contributed by atoms with Gasteiger partial charge in [-0.2, -0.15) is 0 Å². The smallest absolute Gasteiger partial charge is 0.238 e. The van der Waals surface area contributed by atoms with Gasteiger partial charge in [0.15, 0.2) is 9.84 Å². The van der Waals surface area contributed by atoms with E-state index >= 15 is 0 Å². The summed E-state index contributed by atoms with van der Waals surface area (Å²) in [4.78, 5) is 11.7. The van der Waals surface area contributed by atoms with Crippen LogP contribution in [0.1, 0.15) is 5.56 Å². The Morgan fingerprint density at radius 3 is 2.18 bits per heavy atom. The maximum atomic E-state index is 11.4. The van der Waals surface area contributed by atoms with Gasteiger partial charge in [0.1, 0.15) is 0 Å². The Kier molecular flexibility index (Phi) is 4.25. The quantitative estimate of drug-likeness (QED) is 0.783. The number of sulfone groups is 1. The Bertz CT molecular complexity index is 492. The summed E-state index contributed by atoms with van der Waals surface area (Å²) in [6, 6.07) is 6.30. The van der Waals surface area contributed by atoms with E-state index in [1.807, 2.05) is 0 Å². The molecule has 1 aromatic carbocycles. The van der Waals surface area contributed by atoms with Gasteiger partial charge >= 0.3 is 0 Å². The molecular formula is C11H16N2O3S. The van der Waals surface area contributed by atoms with Gasteiger partial charge in [-0.3, -0.25) is 10.2 Å². The molecule has 0 atom stereocenters. The first-order valence-corrected chi connectivity index (χ1v) is 6.94. The predicted molar refractivity (Wildman–Crippen MR) is 65.1 cm³/mol. The number of nitrogens with zero attached hydrogens (tertiary/aromatic N) is 1. The van der Waals surface area contributed by atoms with Gasteiger partial charge in [-0.05, 0) is 17.7 Å². The molecule has 0 unspecified atom stereocenters. The highest BCUT2D eigenvalue weighted by molar-refractivity contribution is 7.90. The van der Waals surface area contributed by atoms with Crippen LogP contribution >= 0.6 is 0 Å². The van der Waals surface area contributed by atoms with Crippen molar-refractivity contribution in [2.24, 2.45) is 0 Å². The summed E-state index contributed by atoms with van der Waals surface area (Å²) in [7, 11) is 0.278. The fourth-order valence-corrected chi connectivity index (χ4v) is 1.96. The number of carbonyl (C=O) groups is 1. The lowest BCUT2D eigenvalue weighted by atomic mass is 10.1. The highest BCUT2D eigenvalue weighted by Gasteiger charge is 2.08. The fraction of sp³-hybridized carbons (Fsp3) is 0.364. The van der Waals surface area contributed by atoms with E-state index in [0.29, 0.717) is 0 Å². The Balaban J connectivity index is 2.73. The van der Waals surface area contributed by atoms with Crippen LogP contribution in [0.2, 0.25) is 0 Å². The van der Waals surface area contributed by atoms with Crippen LogP contribution < -0.4 is 5.43 Å². The van der Waals surface area contributed by atoms with Crippen molar-refractivity contribution < 1.29 is 13.2 Å². The molecule has 0 bridgehead atoms. The average molecular weight is 256 g/mol. The van der Waals surface area contributed by atoms with E-state index in [1.165, 1.54) is 12.1 Å². The second-order valence-corrected chi connectivity index (χ2v) is 6.04. The van der Waals surface area contributed by atoms with Crippen molar-refractivity contribution in [3.05, 3.63) is 29.8 Å². The maximum Gasteiger partial charge on any atom is 0.238 e. The van der Waals surface area contributed by atoms with E-state index in [2.05, 4.69) is 5.43 Å². The number of benzene rings is 1. The molecule has 1 amide bonds. The van der Waals surface area contributed by atoms with Crippen LogP contribution in [0.15, 0.2) is 29.2 Å². The van der Waals surface area contributed by atoms with Gasteiger partial charge in [0.05, 0.1) is 11.3 Å². The zero-order valence-electron chi connectivity index (χ0n) is 10.1. The molecule has 5 nitrogen and oxygen atoms in total. The molecule has 0 aromatic heterocycles. The van der Waals surface area contributed by atoms with Crippen LogP contribution in [-0.4, -0.2) is 39.7 Å². The number of hydrogen-bond donors (Lipinski definition) is 1. The fourth-order valence-electron chi connectivity index (χ4n) is 1.33. The van der Waals surface area contributed by atoms with Gasteiger partial charge < -0.3 is 0 Å². The summed E-state index contributed by atoms with van der Waals surface area (Å²) >= 11 is 0. The first kappa shape index (κ1) is 13.7. The number of hydrazine groups is 1. The molecule has 0 saturated heterocycles. The third-order valence-electron chi connectivity index (χ3n) is 2.06. The minimum Gasteiger partial charge on any atom is -0.289 e. The summed E-state index contributed by atoms with van der Waals surface area (Å²) in [5.41, 5.74) is 3.39. The highest BCUT2D eigenvalue weighted by atomic mass is 32.2. The molecule has 0 saturated carbocycles. The van der Waals surface area contributed by atoms with Gasteiger partial charge in [0.2, 0.25) is 5.91 Å². The van der Waals surface area contributed by atoms with Gasteiger partial charge in [-0.25, -0.2) is 13.4 Å². The molecular weight excluding hydrogens is 240 g/mol. The van der Waals surface area contributed by atoms with Crippen LogP contribution in [0.25, 0.3) is 0 Å². The van der Waals surface area contributed by atoms with Crippen molar-refractivity contribution in [3.8, 4) is 0 Å². The second-order valence-electron chi connectivity index (χ2n) is 4.02. The average Bonchev–Trinajstić information content (AvgIpc) is 2.15. The SMILES string of the molecule is CN(C)NC(=O)Cc1ccc(S(C)(=O)=O)cc1. The van der Waals surface area contributed by atoms with E-state index < -0.39 is 9.84 Å². The topological polar surface area (TPSA) is 66.5 Å². The number of nitrogens with one attached hydrogen (secondary N) is 1. The lowest BCUT2D eigenvalue weighted by Crippen LogP contribution is -2.37. The first-order valence-electron chi connectivity index (χ1n) is 5.05. The molecule has 0 aliphatic rings. The molecule has 94 valence electrons. The summed E-state index contributed by atoms with van der Waals surface area (Å²) in [5, 5.41) is 1.56. The van der Waals surface area contributed by atoms with Crippen LogP contribution in [0.4, 0.5) is 0 Å². The van der Waals surface area contributed by atoms with Crippen LogP contribution in [-0.2, 0) is 21.1 Å². The minimum atomic E-state index is -3.18. The normalized spacial score (nSPS) is 11.5. The van der Waals surface area contributed by atoms with Gasteiger partial charge in [0, 0.05) is 20.4 Å². The zero-order valence-corrected chi connectivity index (χ0v) is 10.9. The number of hydrogen-bond acceptors (Lipinski definition) is 4. The standard InChI is InChI=1S/C11H16N2O3S/c1-13(2)12-11(14)8-9-4-6-10(7-5-9)17(3,15)16/h4-7H,8H2,1-3H3,(H,12,14). The number of rotatable bonds is 4. The summed E-state index contributed by atoms with van der Waals surface area (Å²) in [6.45, 7) is 0. The van der Waals surface area contributed by atoms with Gasteiger partial charge in [-0.15, -0.1) is 0 Å². The predicted octanol–water partition coefficient (Wildman–Crippen LogP) is 0.225. The van der Waals surface area contributed by atoms with Crippen LogP contribution in [0.3, 0.4) is 0 Å². The van der Waals surface area contributed by atoms with Crippen molar-refractivity contribution in [2.45, 2.75) is 11.3 Å². The molecule has 1 aromatic rings. The third kappa shape index (κ3) is 4.54. The monoisotopic (exact) mass is 256 g/mol. The van der Waals surface area contributed by atoms with Gasteiger partial charge in [0.25, 0.3) is 0 Å². The summed E-state index contributed by atoms with van der Waals surface area (Å²) < 4.78 is 22.5. The Morgan fingerprint density at radius 1 is 1.24 bits per heavy atom. The van der Waals surface area contributed by atoms with Gasteiger partial charge in [-0.1, -0.05) is 12.1 Å². The molecule has 17 heavy (non-hydrogen) atoms. The van der Waals surface area contributed by atoms with E-state index in [4.69, 9.17) is 0 Å². The van der Waals surface area contributed by atoms with Crippen molar-refractivity contribution in [2.75, 3.05) is 20.4 Å². The minimum absolute atomic E-state index is 0.137. The largest absolute Gasteiger partial charge is 0.289 e. The molecule has 0 radical (unpaired) electrons. The number of carbonyl (C=O) groups excluding carboxylic acids is 1.